The second-order valence-electron chi connectivity index (χ2n) is 6.98. The summed E-state index contributed by atoms with van der Waals surface area (Å²) in [4.78, 5) is 14.3. The van der Waals surface area contributed by atoms with Gasteiger partial charge in [-0.05, 0) is 43.9 Å². The van der Waals surface area contributed by atoms with Crippen molar-refractivity contribution in [3.8, 4) is 0 Å². The molecule has 1 N–H and O–H groups in total. The molecule has 0 heterocycles. The quantitative estimate of drug-likeness (QED) is 0.791. The summed E-state index contributed by atoms with van der Waals surface area (Å²) in [6, 6.07) is 9.65. The van der Waals surface area contributed by atoms with Crippen LogP contribution in [0.25, 0.3) is 6.08 Å². The van der Waals surface area contributed by atoms with Gasteiger partial charge in [0.1, 0.15) is 0 Å². The molecule has 23 heavy (non-hydrogen) atoms. The second kappa shape index (κ2) is 8.30. The molecule has 0 aromatic heterocycles. The van der Waals surface area contributed by atoms with E-state index in [2.05, 4.69) is 62.3 Å². The Labute approximate surface area is 140 Å². The van der Waals surface area contributed by atoms with E-state index in [9.17, 15) is 4.79 Å². The van der Waals surface area contributed by atoms with E-state index in [4.69, 9.17) is 0 Å². The Morgan fingerprint density at radius 2 is 1.91 bits per heavy atom. The van der Waals surface area contributed by atoms with E-state index in [1.165, 1.54) is 18.4 Å². The number of hydrogen-bond donors (Lipinski definition) is 1. The van der Waals surface area contributed by atoms with E-state index in [1.54, 1.807) is 0 Å². The number of benzene rings is 1. The molecule has 2 rings (SSSR count). The SMILES string of the molecule is CC(C)c1ccc(/C=C/CC(=O)NCC(C)N(C)C2CC2)cc1. The maximum absolute atomic E-state index is 11.9. The van der Waals surface area contributed by atoms with Gasteiger partial charge in [-0.25, -0.2) is 0 Å². The normalized spacial score (nSPS) is 16.3. The van der Waals surface area contributed by atoms with E-state index >= 15 is 0 Å². The average molecular weight is 314 g/mol. The summed E-state index contributed by atoms with van der Waals surface area (Å²) >= 11 is 0. The topological polar surface area (TPSA) is 32.3 Å². The third-order valence-corrected chi connectivity index (χ3v) is 4.63. The fourth-order valence-electron chi connectivity index (χ4n) is 2.61. The summed E-state index contributed by atoms with van der Waals surface area (Å²) in [5.74, 6) is 0.644. The van der Waals surface area contributed by atoms with Crippen LogP contribution >= 0.6 is 0 Å². The maximum atomic E-state index is 11.9. The smallest absolute Gasteiger partial charge is 0.223 e. The zero-order chi connectivity index (χ0) is 16.8. The Hall–Kier alpha value is -1.61. The predicted octanol–water partition coefficient (Wildman–Crippen LogP) is 3.81. The highest BCUT2D eigenvalue weighted by Gasteiger charge is 2.28. The monoisotopic (exact) mass is 314 g/mol. The zero-order valence-corrected chi connectivity index (χ0v) is 14.9. The Morgan fingerprint density at radius 1 is 1.26 bits per heavy atom. The van der Waals surface area contributed by atoms with Gasteiger partial charge in [-0.3, -0.25) is 9.69 Å². The zero-order valence-electron chi connectivity index (χ0n) is 14.9. The number of amides is 1. The van der Waals surface area contributed by atoms with E-state index in [0.717, 1.165) is 18.2 Å². The first-order valence-corrected chi connectivity index (χ1v) is 8.72. The second-order valence-corrected chi connectivity index (χ2v) is 6.98. The van der Waals surface area contributed by atoms with Crippen molar-refractivity contribution in [2.45, 2.75) is 58.0 Å². The van der Waals surface area contributed by atoms with Gasteiger partial charge in [0, 0.05) is 25.0 Å². The molecule has 0 spiro atoms. The van der Waals surface area contributed by atoms with E-state index < -0.39 is 0 Å². The van der Waals surface area contributed by atoms with Crippen LogP contribution in [0.4, 0.5) is 0 Å². The van der Waals surface area contributed by atoms with Crippen molar-refractivity contribution in [1.29, 1.82) is 0 Å². The molecule has 1 unspecified atom stereocenters. The number of nitrogens with zero attached hydrogens (tertiary/aromatic N) is 1. The van der Waals surface area contributed by atoms with Gasteiger partial charge in [0.05, 0.1) is 0 Å². The molecular weight excluding hydrogens is 284 g/mol. The number of carbonyl (C=O) groups is 1. The molecule has 0 bridgehead atoms. The molecule has 1 aromatic carbocycles. The lowest BCUT2D eigenvalue weighted by Gasteiger charge is -2.24. The van der Waals surface area contributed by atoms with E-state index in [-0.39, 0.29) is 5.91 Å². The summed E-state index contributed by atoms with van der Waals surface area (Å²) in [6.45, 7) is 7.28. The van der Waals surface area contributed by atoms with Gasteiger partial charge < -0.3 is 5.32 Å². The minimum atomic E-state index is 0.0936. The first-order chi connectivity index (χ1) is 11.0. The molecule has 1 aliphatic carbocycles. The third-order valence-electron chi connectivity index (χ3n) is 4.63. The lowest BCUT2D eigenvalue weighted by molar-refractivity contribution is -0.120. The molecule has 1 aliphatic rings. The fourth-order valence-corrected chi connectivity index (χ4v) is 2.61. The highest BCUT2D eigenvalue weighted by atomic mass is 16.1. The largest absolute Gasteiger partial charge is 0.354 e. The summed E-state index contributed by atoms with van der Waals surface area (Å²) in [5.41, 5.74) is 2.48. The van der Waals surface area contributed by atoms with Crippen molar-refractivity contribution in [3.63, 3.8) is 0 Å². The summed E-state index contributed by atoms with van der Waals surface area (Å²) in [7, 11) is 2.15. The lowest BCUT2D eigenvalue weighted by atomic mass is 10.0. The van der Waals surface area contributed by atoms with Crippen LogP contribution in [0.5, 0.6) is 0 Å². The van der Waals surface area contributed by atoms with Gasteiger partial charge in [-0.2, -0.15) is 0 Å². The lowest BCUT2D eigenvalue weighted by Crippen LogP contribution is -2.41. The van der Waals surface area contributed by atoms with Crippen molar-refractivity contribution in [2.24, 2.45) is 0 Å². The maximum Gasteiger partial charge on any atom is 0.223 e. The summed E-state index contributed by atoms with van der Waals surface area (Å²) in [6.07, 6.45) is 6.99. The molecule has 1 saturated carbocycles. The van der Waals surface area contributed by atoms with Crippen LogP contribution in [-0.4, -0.2) is 36.5 Å². The van der Waals surface area contributed by atoms with Crippen LogP contribution in [0, 0.1) is 0 Å². The molecule has 0 radical (unpaired) electrons. The molecule has 1 aromatic rings. The van der Waals surface area contributed by atoms with Gasteiger partial charge in [-0.15, -0.1) is 0 Å². The number of rotatable bonds is 8. The molecule has 3 nitrogen and oxygen atoms in total. The Bertz CT molecular complexity index is 529. The van der Waals surface area contributed by atoms with Crippen molar-refractivity contribution in [3.05, 3.63) is 41.5 Å². The van der Waals surface area contributed by atoms with Gasteiger partial charge in [0.25, 0.3) is 0 Å². The highest BCUT2D eigenvalue weighted by Crippen LogP contribution is 2.26. The third kappa shape index (κ3) is 5.83. The first kappa shape index (κ1) is 17.7. The van der Waals surface area contributed by atoms with Crippen molar-refractivity contribution >= 4 is 12.0 Å². The molecule has 3 heteroatoms. The number of hydrogen-bond acceptors (Lipinski definition) is 2. The van der Waals surface area contributed by atoms with Gasteiger partial charge >= 0.3 is 0 Å². The Morgan fingerprint density at radius 3 is 2.48 bits per heavy atom. The van der Waals surface area contributed by atoms with Crippen LogP contribution in [0.2, 0.25) is 0 Å². The number of nitrogens with one attached hydrogen (secondary N) is 1. The van der Waals surface area contributed by atoms with Gasteiger partial charge in [0.15, 0.2) is 0 Å². The molecule has 0 saturated heterocycles. The predicted molar refractivity (Wildman–Crippen MR) is 97.4 cm³/mol. The van der Waals surface area contributed by atoms with Crippen LogP contribution in [0.3, 0.4) is 0 Å². The van der Waals surface area contributed by atoms with Crippen LogP contribution in [0.15, 0.2) is 30.3 Å². The summed E-state index contributed by atoms with van der Waals surface area (Å²) < 4.78 is 0. The average Bonchev–Trinajstić information content (AvgIpc) is 3.37. The Kier molecular flexibility index (Phi) is 6.40. The molecule has 1 amide bonds. The molecule has 126 valence electrons. The summed E-state index contributed by atoms with van der Waals surface area (Å²) in [5, 5.41) is 3.02. The molecule has 1 fully saturated rings. The van der Waals surface area contributed by atoms with E-state index in [1.807, 2.05) is 12.2 Å². The minimum Gasteiger partial charge on any atom is -0.354 e. The number of likely N-dealkylation sites (N-methyl/N-ethyl adjacent to an activating group) is 1. The molecule has 1 atom stereocenters. The minimum absolute atomic E-state index is 0.0936. The number of carbonyl (C=O) groups excluding carboxylic acids is 1. The van der Waals surface area contributed by atoms with Crippen LogP contribution < -0.4 is 5.32 Å². The molecular formula is C20H30N2O. The van der Waals surface area contributed by atoms with Gasteiger partial charge in [0.2, 0.25) is 5.91 Å². The molecule has 0 aliphatic heterocycles. The van der Waals surface area contributed by atoms with Crippen molar-refractivity contribution in [1.82, 2.24) is 10.2 Å². The van der Waals surface area contributed by atoms with Crippen LogP contribution in [-0.2, 0) is 4.79 Å². The van der Waals surface area contributed by atoms with Gasteiger partial charge in [-0.1, -0.05) is 50.3 Å². The highest BCUT2D eigenvalue weighted by molar-refractivity contribution is 5.78. The van der Waals surface area contributed by atoms with Crippen molar-refractivity contribution in [2.75, 3.05) is 13.6 Å². The standard InChI is InChI=1S/C20H30N2O/c1-15(2)18-10-8-17(9-11-18)6-5-7-20(23)21-14-16(3)22(4)19-12-13-19/h5-6,8-11,15-16,19H,7,12-14H2,1-4H3,(H,21,23)/b6-5+. The Balaban J connectivity index is 1.70. The van der Waals surface area contributed by atoms with E-state index in [0.29, 0.717) is 18.4 Å². The van der Waals surface area contributed by atoms with Crippen molar-refractivity contribution < 1.29 is 4.79 Å². The fraction of sp³-hybridized carbons (Fsp3) is 0.550. The first-order valence-electron chi connectivity index (χ1n) is 8.72. The van der Waals surface area contributed by atoms with Crippen LogP contribution in [0.1, 0.15) is 57.1 Å².